The highest BCUT2D eigenvalue weighted by Crippen LogP contribution is 2.46. The van der Waals surface area contributed by atoms with Crippen molar-refractivity contribution in [1.29, 1.82) is 0 Å². The van der Waals surface area contributed by atoms with Crippen LogP contribution in [0.1, 0.15) is 33.4 Å². The predicted molar refractivity (Wildman–Crippen MR) is 80.8 cm³/mol. The molecule has 0 unspecified atom stereocenters. The van der Waals surface area contributed by atoms with Crippen LogP contribution in [0.25, 0.3) is 0 Å². The third-order valence-corrected chi connectivity index (χ3v) is 4.52. The lowest BCUT2D eigenvalue weighted by Crippen LogP contribution is -2.27. The first-order valence-electron chi connectivity index (χ1n) is 6.27. The van der Waals surface area contributed by atoms with E-state index in [2.05, 4.69) is 10.3 Å². The van der Waals surface area contributed by atoms with Gasteiger partial charge in [-0.05, 0) is 27.7 Å². The summed E-state index contributed by atoms with van der Waals surface area (Å²) in [6.07, 6.45) is -0.296. The van der Waals surface area contributed by atoms with Gasteiger partial charge in [-0.1, -0.05) is 0 Å². The molecule has 8 heteroatoms. The quantitative estimate of drug-likeness (QED) is 0.832. The topological polar surface area (TPSA) is 77.5 Å². The number of rotatable bonds is 5. The minimum absolute atomic E-state index is 0.257. The second kappa shape index (κ2) is 6.70. The van der Waals surface area contributed by atoms with Crippen LogP contribution in [0.3, 0.4) is 0 Å². The van der Waals surface area contributed by atoms with Crippen molar-refractivity contribution in [3.63, 3.8) is 0 Å². The second-order valence-corrected chi connectivity index (χ2v) is 8.82. The molecule has 1 aromatic heterocycles. The summed E-state index contributed by atoms with van der Waals surface area (Å²) in [5.74, 6) is 0. The molecule has 0 aliphatic carbocycles. The summed E-state index contributed by atoms with van der Waals surface area (Å²) in [5.41, 5.74) is 0.0819. The van der Waals surface area contributed by atoms with Crippen molar-refractivity contribution in [3.05, 3.63) is 11.1 Å². The van der Waals surface area contributed by atoms with Crippen molar-refractivity contribution in [2.75, 3.05) is 18.6 Å². The molecular weight excluding hydrogens is 299 g/mol. The molecule has 1 atom stereocenters. The van der Waals surface area contributed by atoms with Crippen molar-refractivity contribution in [2.45, 2.75) is 39.5 Å². The highest BCUT2D eigenvalue weighted by molar-refractivity contribution is 7.57. The van der Waals surface area contributed by atoms with E-state index in [4.69, 9.17) is 9.26 Å². The predicted octanol–water partition coefficient (Wildman–Crippen LogP) is 3.93. The van der Waals surface area contributed by atoms with Crippen LogP contribution in [0, 0.1) is 0 Å². The Labute approximate surface area is 123 Å². The van der Waals surface area contributed by atoms with Gasteiger partial charge in [0.15, 0.2) is 5.13 Å². The van der Waals surface area contributed by atoms with Crippen LogP contribution in [0.5, 0.6) is 0 Å². The largest absolute Gasteiger partial charge is 0.444 e. The summed E-state index contributed by atoms with van der Waals surface area (Å²) in [7, 11) is -2.67. The van der Waals surface area contributed by atoms with E-state index >= 15 is 0 Å². The number of nitrogens with zero attached hydrogens (tertiary/aromatic N) is 1. The fourth-order valence-electron chi connectivity index (χ4n) is 1.44. The number of thiazole rings is 1. The van der Waals surface area contributed by atoms with Gasteiger partial charge in [0.1, 0.15) is 5.60 Å². The van der Waals surface area contributed by atoms with Gasteiger partial charge in [-0.2, -0.15) is 0 Å². The molecule has 0 radical (unpaired) electrons. The first-order valence-corrected chi connectivity index (χ1v) is 9.40. The van der Waals surface area contributed by atoms with Crippen LogP contribution in [0.2, 0.25) is 0 Å². The molecule has 0 aliphatic heterocycles. The van der Waals surface area contributed by atoms with Gasteiger partial charge in [-0.25, -0.2) is 9.78 Å². The molecule has 0 bridgehead atoms. The van der Waals surface area contributed by atoms with Crippen LogP contribution in [0.15, 0.2) is 5.38 Å². The first-order chi connectivity index (χ1) is 9.11. The molecule has 0 saturated carbocycles. The lowest BCUT2D eigenvalue weighted by Gasteiger charge is -2.18. The van der Waals surface area contributed by atoms with E-state index in [1.54, 1.807) is 39.7 Å². The van der Waals surface area contributed by atoms with Gasteiger partial charge < -0.3 is 9.26 Å². The Bertz CT molecular complexity index is 510. The van der Waals surface area contributed by atoms with Gasteiger partial charge in [0.05, 0.1) is 18.5 Å². The number of nitrogens with one attached hydrogen (secondary N) is 1. The molecule has 1 heterocycles. The zero-order valence-electron chi connectivity index (χ0n) is 12.4. The maximum atomic E-state index is 12.0. The molecule has 20 heavy (non-hydrogen) atoms. The third kappa shape index (κ3) is 6.50. The molecular formula is C12H21N2O4PS. The lowest BCUT2D eigenvalue weighted by atomic mass is 10.2. The Balaban J connectivity index is 2.60. The zero-order valence-corrected chi connectivity index (χ0v) is 14.1. The summed E-state index contributed by atoms with van der Waals surface area (Å²) < 4.78 is 22.4. The third-order valence-electron chi connectivity index (χ3n) is 2.01. The van der Waals surface area contributed by atoms with E-state index < -0.39 is 19.1 Å². The Kier molecular flexibility index (Phi) is 5.74. The molecule has 1 N–H and O–H groups in total. The molecule has 0 fully saturated rings. The molecule has 114 valence electrons. The number of hydrogen-bond donors (Lipinski definition) is 1. The van der Waals surface area contributed by atoms with Crippen LogP contribution < -0.4 is 5.32 Å². The van der Waals surface area contributed by atoms with Gasteiger partial charge >= 0.3 is 6.09 Å². The summed E-state index contributed by atoms with van der Waals surface area (Å²) >= 11 is 1.26. The molecule has 1 aromatic rings. The fourth-order valence-corrected chi connectivity index (χ4v) is 3.65. The summed E-state index contributed by atoms with van der Waals surface area (Å²) in [6.45, 7) is 9.14. The molecule has 6 nitrogen and oxygen atoms in total. The number of carbonyl (C=O) groups is 1. The smallest absolute Gasteiger partial charge is 0.413 e. The van der Waals surface area contributed by atoms with Gasteiger partial charge in [0.25, 0.3) is 0 Å². The Hall–Kier alpha value is -0.910. The van der Waals surface area contributed by atoms with Crippen molar-refractivity contribution >= 4 is 29.9 Å². The average molecular weight is 320 g/mol. The lowest BCUT2D eigenvalue weighted by molar-refractivity contribution is 0.0636. The SMILES string of the molecule is CCO[P@](C)(=O)Cc1csc(NC(=O)OC(C)(C)C)n1. The van der Waals surface area contributed by atoms with E-state index in [-0.39, 0.29) is 6.16 Å². The molecule has 1 amide bonds. The van der Waals surface area contributed by atoms with Gasteiger partial charge in [0.2, 0.25) is 7.37 Å². The number of amides is 1. The summed E-state index contributed by atoms with van der Waals surface area (Å²) in [4.78, 5) is 15.8. The number of hydrogen-bond acceptors (Lipinski definition) is 6. The Morgan fingerprint density at radius 2 is 2.15 bits per heavy atom. The van der Waals surface area contributed by atoms with Crippen LogP contribution >= 0.6 is 18.7 Å². The molecule has 0 aliphatic rings. The van der Waals surface area contributed by atoms with E-state index in [0.717, 1.165) is 0 Å². The van der Waals surface area contributed by atoms with Crippen molar-refractivity contribution in [1.82, 2.24) is 4.98 Å². The van der Waals surface area contributed by atoms with E-state index in [1.165, 1.54) is 11.3 Å². The average Bonchev–Trinajstić information content (AvgIpc) is 2.60. The fraction of sp³-hybridized carbons (Fsp3) is 0.667. The number of ether oxygens (including phenoxy) is 1. The van der Waals surface area contributed by atoms with Gasteiger partial charge in [-0.15, -0.1) is 11.3 Å². The highest BCUT2D eigenvalue weighted by atomic mass is 32.1. The first kappa shape index (κ1) is 17.1. The number of aromatic nitrogens is 1. The minimum atomic E-state index is -2.67. The van der Waals surface area contributed by atoms with Gasteiger partial charge in [0, 0.05) is 12.0 Å². The van der Waals surface area contributed by atoms with E-state index in [0.29, 0.717) is 17.4 Å². The Morgan fingerprint density at radius 1 is 1.50 bits per heavy atom. The van der Waals surface area contributed by atoms with E-state index in [1.807, 2.05) is 0 Å². The summed E-state index contributed by atoms with van der Waals surface area (Å²) in [5, 5.41) is 4.73. The molecule has 0 saturated heterocycles. The van der Waals surface area contributed by atoms with E-state index in [9.17, 15) is 9.36 Å². The maximum absolute atomic E-state index is 12.0. The standard InChI is InChI=1S/C12H21N2O4PS/c1-6-17-19(5,16)7-9-8-20-10(13-9)14-11(15)18-12(2,3)4/h8H,6-7H2,1-5H3,(H,13,14,15)/t19-/m0/s1. The molecule has 0 spiro atoms. The van der Waals surface area contributed by atoms with Crippen molar-refractivity contribution in [3.8, 4) is 0 Å². The second-order valence-electron chi connectivity index (χ2n) is 5.36. The summed E-state index contributed by atoms with van der Waals surface area (Å²) in [6, 6.07) is 0. The molecule has 0 aromatic carbocycles. The van der Waals surface area contributed by atoms with Crippen molar-refractivity contribution < 1.29 is 18.6 Å². The molecule has 1 rings (SSSR count). The number of carbonyl (C=O) groups excluding carboxylic acids is 1. The van der Waals surface area contributed by atoms with Crippen LogP contribution in [-0.2, 0) is 20.0 Å². The Morgan fingerprint density at radius 3 is 2.70 bits per heavy atom. The number of anilines is 1. The van der Waals surface area contributed by atoms with Crippen molar-refractivity contribution in [2.24, 2.45) is 0 Å². The maximum Gasteiger partial charge on any atom is 0.413 e. The highest BCUT2D eigenvalue weighted by Gasteiger charge is 2.20. The van der Waals surface area contributed by atoms with Crippen LogP contribution in [0.4, 0.5) is 9.93 Å². The normalized spacial score (nSPS) is 14.7. The van der Waals surface area contributed by atoms with Gasteiger partial charge in [-0.3, -0.25) is 9.88 Å². The van der Waals surface area contributed by atoms with Crippen LogP contribution in [-0.4, -0.2) is 29.9 Å². The zero-order chi connectivity index (χ0) is 15.4. The minimum Gasteiger partial charge on any atom is -0.444 e. The monoisotopic (exact) mass is 320 g/mol.